The molecule has 17 heteroatoms. The molecule has 7 nitrogen and oxygen atoms in total. The van der Waals surface area contributed by atoms with Crippen LogP contribution in [0.3, 0.4) is 0 Å². The smallest absolute Gasteiger partial charge is 0.266 e. The molecule has 0 saturated heterocycles. The lowest BCUT2D eigenvalue weighted by molar-refractivity contribution is -0.145. The first-order valence-electron chi connectivity index (χ1n) is 8.44. The van der Waals surface area contributed by atoms with Crippen molar-refractivity contribution in [3.05, 3.63) is 69.2 Å². The van der Waals surface area contributed by atoms with Gasteiger partial charge >= 0.3 is 12.4 Å². The van der Waals surface area contributed by atoms with Gasteiger partial charge in [0.05, 0.1) is 11.3 Å². The first-order chi connectivity index (χ1) is 15.5. The molecule has 0 saturated carbocycles. The SMILES string of the molecule is O=C(NS(=O)(=O)c1cc(Cl)ccc1F)c1nnn(-c2ccc(Cl)cc2C(F)(F)F)c1C(F)(F)F. The molecule has 3 rings (SSSR count). The molecular formula is C17H7Cl2F7N4O3S. The highest BCUT2D eigenvalue weighted by atomic mass is 35.5. The second kappa shape index (κ2) is 8.70. The number of halogens is 9. The van der Waals surface area contributed by atoms with E-state index in [9.17, 15) is 43.9 Å². The highest BCUT2D eigenvalue weighted by molar-refractivity contribution is 7.90. The minimum Gasteiger partial charge on any atom is -0.266 e. The van der Waals surface area contributed by atoms with Gasteiger partial charge in [-0.15, -0.1) is 5.10 Å². The highest BCUT2D eigenvalue weighted by Crippen LogP contribution is 2.39. The molecule has 0 fully saturated rings. The largest absolute Gasteiger partial charge is 0.435 e. The summed E-state index contributed by atoms with van der Waals surface area (Å²) in [5.41, 5.74) is -6.66. The van der Waals surface area contributed by atoms with Crippen molar-refractivity contribution in [2.45, 2.75) is 17.2 Å². The Morgan fingerprint density at radius 3 is 2.12 bits per heavy atom. The maximum absolute atomic E-state index is 13.9. The maximum Gasteiger partial charge on any atom is 0.435 e. The molecule has 1 N–H and O–H groups in total. The molecule has 0 unspecified atom stereocenters. The van der Waals surface area contributed by atoms with Crippen LogP contribution in [0.5, 0.6) is 0 Å². The minimum absolute atomic E-state index is 0.279. The highest BCUT2D eigenvalue weighted by Gasteiger charge is 2.44. The van der Waals surface area contributed by atoms with Gasteiger partial charge in [-0.1, -0.05) is 28.4 Å². The molecule has 0 radical (unpaired) electrons. The quantitative estimate of drug-likeness (QED) is 0.468. The van der Waals surface area contributed by atoms with Gasteiger partial charge in [-0.25, -0.2) is 22.2 Å². The van der Waals surface area contributed by atoms with E-state index in [2.05, 4.69) is 10.3 Å². The summed E-state index contributed by atoms with van der Waals surface area (Å²) in [6, 6.07) is 3.88. The summed E-state index contributed by atoms with van der Waals surface area (Å²) >= 11 is 11.1. The zero-order chi connectivity index (χ0) is 25.6. The summed E-state index contributed by atoms with van der Waals surface area (Å²) in [4.78, 5) is 11.2. The van der Waals surface area contributed by atoms with E-state index in [1.807, 2.05) is 0 Å². The monoisotopic (exact) mass is 550 g/mol. The number of sulfonamides is 1. The Bertz CT molecular complexity index is 1390. The normalized spacial score (nSPS) is 12.6. The third kappa shape index (κ3) is 5.10. The fraction of sp³-hybridized carbons (Fsp3) is 0.118. The number of amides is 1. The summed E-state index contributed by atoms with van der Waals surface area (Å²) in [6.45, 7) is 0. The second-order valence-corrected chi connectivity index (χ2v) is 8.89. The number of alkyl halides is 6. The Kier molecular flexibility index (Phi) is 6.58. The summed E-state index contributed by atoms with van der Waals surface area (Å²) in [5, 5.41) is 5.14. The Labute approximate surface area is 195 Å². The van der Waals surface area contributed by atoms with Crippen LogP contribution in [0.1, 0.15) is 21.7 Å². The zero-order valence-corrected chi connectivity index (χ0v) is 18.2. The van der Waals surface area contributed by atoms with Crippen molar-refractivity contribution in [2.24, 2.45) is 0 Å². The summed E-state index contributed by atoms with van der Waals surface area (Å²) in [7, 11) is -5.12. The molecule has 1 amide bonds. The van der Waals surface area contributed by atoms with Gasteiger partial charge < -0.3 is 0 Å². The number of nitrogens with zero attached hydrogens (tertiary/aromatic N) is 3. The molecule has 1 aromatic heterocycles. The van der Waals surface area contributed by atoms with Crippen LogP contribution in [0.25, 0.3) is 5.69 Å². The van der Waals surface area contributed by atoms with Crippen LogP contribution in [-0.2, 0) is 22.4 Å². The van der Waals surface area contributed by atoms with Gasteiger partial charge in [-0.05, 0) is 36.4 Å². The van der Waals surface area contributed by atoms with Gasteiger partial charge in [0, 0.05) is 10.0 Å². The van der Waals surface area contributed by atoms with Crippen molar-refractivity contribution >= 4 is 39.1 Å². The molecule has 34 heavy (non-hydrogen) atoms. The molecule has 0 aliphatic rings. The fourth-order valence-electron chi connectivity index (χ4n) is 2.69. The van der Waals surface area contributed by atoms with Crippen molar-refractivity contribution in [3.63, 3.8) is 0 Å². The van der Waals surface area contributed by atoms with Crippen LogP contribution in [-0.4, -0.2) is 29.3 Å². The molecule has 0 aliphatic heterocycles. The molecule has 0 aliphatic carbocycles. The van der Waals surface area contributed by atoms with Crippen LogP contribution >= 0.6 is 23.2 Å². The van der Waals surface area contributed by atoms with Crippen molar-refractivity contribution in [1.82, 2.24) is 19.7 Å². The number of benzene rings is 2. The standard InChI is InChI=1S/C17H7Cl2F7N4O3S/c18-7-2-4-11(9(5-7)16(21,22)23)30-14(17(24,25)26)13(27-29-30)15(31)28-34(32,33)12-6-8(19)1-3-10(12)20/h1-6H,(H,28,31). The number of aromatic nitrogens is 3. The fourth-order valence-corrected chi connectivity index (χ4v) is 4.15. The van der Waals surface area contributed by atoms with E-state index in [4.69, 9.17) is 23.2 Å². The van der Waals surface area contributed by atoms with Gasteiger partial charge in [0.15, 0.2) is 11.4 Å². The van der Waals surface area contributed by atoms with E-state index in [0.717, 1.165) is 16.9 Å². The Balaban J connectivity index is 2.14. The predicted octanol–water partition coefficient (Wildman–Crippen LogP) is 4.87. The van der Waals surface area contributed by atoms with E-state index < -0.39 is 66.7 Å². The van der Waals surface area contributed by atoms with Crippen LogP contribution in [0.15, 0.2) is 41.3 Å². The van der Waals surface area contributed by atoms with Gasteiger partial charge in [0.25, 0.3) is 15.9 Å². The Morgan fingerprint density at radius 2 is 1.53 bits per heavy atom. The number of carbonyl (C=O) groups excluding carboxylic acids is 1. The summed E-state index contributed by atoms with van der Waals surface area (Å²) < 4.78 is 121. The van der Waals surface area contributed by atoms with Gasteiger partial charge in [0.2, 0.25) is 0 Å². The predicted molar refractivity (Wildman–Crippen MR) is 102 cm³/mol. The lowest BCUT2D eigenvalue weighted by Gasteiger charge is -2.16. The average molecular weight is 551 g/mol. The van der Waals surface area contributed by atoms with Gasteiger partial charge in [-0.2, -0.15) is 26.3 Å². The molecule has 1 heterocycles. The topological polar surface area (TPSA) is 93.9 Å². The van der Waals surface area contributed by atoms with Crippen LogP contribution < -0.4 is 4.72 Å². The van der Waals surface area contributed by atoms with Crippen molar-refractivity contribution in [2.75, 3.05) is 0 Å². The molecule has 0 bridgehead atoms. The summed E-state index contributed by atoms with van der Waals surface area (Å²) in [5.74, 6) is -3.43. The molecule has 3 aromatic rings. The van der Waals surface area contributed by atoms with E-state index in [1.54, 1.807) is 0 Å². The minimum atomic E-state index is -5.54. The van der Waals surface area contributed by atoms with Crippen molar-refractivity contribution in [3.8, 4) is 5.69 Å². The Morgan fingerprint density at radius 1 is 0.941 bits per heavy atom. The van der Waals surface area contributed by atoms with Gasteiger partial charge in [0.1, 0.15) is 10.7 Å². The molecular weight excluding hydrogens is 544 g/mol. The third-order valence-electron chi connectivity index (χ3n) is 4.06. The number of nitrogens with one attached hydrogen (secondary N) is 1. The number of rotatable bonds is 4. The van der Waals surface area contributed by atoms with E-state index in [-0.39, 0.29) is 9.70 Å². The second-order valence-electron chi connectivity index (χ2n) is 6.36. The lowest BCUT2D eigenvalue weighted by Crippen LogP contribution is -2.33. The van der Waals surface area contributed by atoms with E-state index in [0.29, 0.717) is 24.3 Å². The van der Waals surface area contributed by atoms with Crippen LogP contribution in [0.4, 0.5) is 30.7 Å². The number of carbonyl (C=O) groups is 1. The first-order valence-corrected chi connectivity index (χ1v) is 10.7. The van der Waals surface area contributed by atoms with E-state index >= 15 is 0 Å². The molecule has 0 atom stereocenters. The third-order valence-corrected chi connectivity index (χ3v) is 5.87. The maximum atomic E-state index is 13.9. The number of hydrogen-bond acceptors (Lipinski definition) is 5. The lowest BCUT2D eigenvalue weighted by atomic mass is 10.1. The number of hydrogen-bond donors (Lipinski definition) is 1. The summed E-state index contributed by atoms with van der Waals surface area (Å²) in [6.07, 6.45) is -10.7. The molecule has 0 spiro atoms. The van der Waals surface area contributed by atoms with Gasteiger partial charge in [-0.3, -0.25) is 4.79 Å². The molecule has 2 aromatic carbocycles. The van der Waals surface area contributed by atoms with Crippen molar-refractivity contribution in [1.29, 1.82) is 0 Å². The van der Waals surface area contributed by atoms with Crippen LogP contribution in [0, 0.1) is 5.82 Å². The van der Waals surface area contributed by atoms with Crippen molar-refractivity contribution < 1.29 is 43.9 Å². The van der Waals surface area contributed by atoms with Crippen LogP contribution in [0.2, 0.25) is 10.0 Å². The first kappa shape index (κ1) is 25.7. The van der Waals surface area contributed by atoms with E-state index in [1.165, 1.54) is 0 Å². The Hall–Kier alpha value is -2.91. The zero-order valence-electron chi connectivity index (χ0n) is 15.8. The molecule has 182 valence electrons. The average Bonchev–Trinajstić information content (AvgIpc) is 3.14.